The van der Waals surface area contributed by atoms with Crippen LogP contribution in [0.15, 0.2) is 85.1 Å². The van der Waals surface area contributed by atoms with Gasteiger partial charge in [-0.2, -0.15) is 0 Å². The molecule has 1 amide bonds. The average molecular weight is 395 g/mol. The second-order valence-corrected chi connectivity index (χ2v) is 7.02. The first-order valence-electron chi connectivity index (χ1n) is 9.63. The smallest absolute Gasteiger partial charge is 0.389 e. The number of para-hydroxylation sites is 1. The highest BCUT2D eigenvalue weighted by molar-refractivity contribution is 5.86. The summed E-state index contributed by atoms with van der Waals surface area (Å²) in [4.78, 5) is 21.4. The molecular formula is C25H21N3O2. The van der Waals surface area contributed by atoms with Crippen molar-refractivity contribution in [3.63, 3.8) is 0 Å². The molecule has 0 saturated carbocycles. The van der Waals surface area contributed by atoms with Crippen LogP contribution in [0.2, 0.25) is 0 Å². The first-order valence-corrected chi connectivity index (χ1v) is 9.63. The van der Waals surface area contributed by atoms with E-state index in [-0.39, 0.29) is 5.88 Å². The van der Waals surface area contributed by atoms with Crippen LogP contribution in [-0.2, 0) is 0 Å². The van der Waals surface area contributed by atoms with E-state index >= 15 is 0 Å². The van der Waals surface area contributed by atoms with Crippen molar-refractivity contribution in [2.24, 2.45) is 0 Å². The fourth-order valence-electron chi connectivity index (χ4n) is 3.02. The highest BCUT2D eigenvalue weighted by atomic mass is 16.6. The van der Waals surface area contributed by atoms with Crippen molar-refractivity contribution in [2.45, 2.75) is 13.8 Å². The van der Waals surface area contributed by atoms with Gasteiger partial charge < -0.3 is 4.74 Å². The Hall–Kier alpha value is -3.99. The number of rotatable bonds is 4. The number of carbonyl (C=O) groups excluding carboxylic acids is 1. The molecule has 1 heterocycles. The van der Waals surface area contributed by atoms with Crippen LogP contribution in [0.3, 0.4) is 0 Å². The summed E-state index contributed by atoms with van der Waals surface area (Å²) in [6.07, 6.45) is 0.853. The van der Waals surface area contributed by atoms with Gasteiger partial charge >= 0.3 is 6.09 Å². The zero-order valence-corrected chi connectivity index (χ0v) is 16.8. The number of aromatic nitrogens is 2. The van der Waals surface area contributed by atoms with Crippen LogP contribution in [0.4, 0.5) is 10.5 Å². The molecule has 148 valence electrons. The second kappa shape index (κ2) is 8.57. The molecule has 0 aliphatic carbocycles. The Balaban J connectivity index is 1.67. The predicted octanol–water partition coefficient (Wildman–Crippen LogP) is 6.04. The number of hydrogen-bond acceptors (Lipinski definition) is 4. The first-order chi connectivity index (χ1) is 14.6. The van der Waals surface area contributed by atoms with E-state index in [1.807, 2.05) is 80.6 Å². The monoisotopic (exact) mass is 395 g/mol. The maximum absolute atomic E-state index is 12.3. The van der Waals surface area contributed by atoms with E-state index < -0.39 is 6.09 Å². The van der Waals surface area contributed by atoms with Crippen LogP contribution in [-0.4, -0.2) is 16.1 Å². The molecule has 0 fully saturated rings. The van der Waals surface area contributed by atoms with E-state index in [1.165, 1.54) is 11.8 Å². The van der Waals surface area contributed by atoms with Crippen molar-refractivity contribution in [3.8, 4) is 28.4 Å². The molecule has 4 aromatic rings. The number of ether oxygens (including phenoxy) is 1. The Morgan fingerprint density at radius 2 is 1.33 bits per heavy atom. The summed E-state index contributed by atoms with van der Waals surface area (Å²) in [5.74, 6) is 0.134. The molecule has 30 heavy (non-hydrogen) atoms. The highest BCUT2D eigenvalue weighted by Gasteiger charge is 2.15. The maximum Gasteiger partial charge on any atom is 0.418 e. The van der Waals surface area contributed by atoms with Gasteiger partial charge in [-0.15, -0.1) is 0 Å². The van der Waals surface area contributed by atoms with Gasteiger partial charge in [-0.1, -0.05) is 77.9 Å². The lowest BCUT2D eigenvalue weighted by molar-refractivity contribution is 0.213. The minimum Gasteiger partial charge on any atom is -0.389 e. The van der Waals surface area contributed by atoms with Gasteiger partial charge in [0.25, 0.3) is 0 Å². The largest absolute Gasteiger partial charge is 0.418 e. The van der Waals surface area contributed by atoms with Crippen LogP contribution < -0.4 is 10.1 Å². The van der Waals surface area contributed by atoms with Gasteiger partial charge in [0.1, 0.15) is 5.69 Å². The van der Waals surface area contributed by atoms with Crippen molar-refractivity contribution >= 4 is 11.8 Å². The summed E-state index contributed by atoms with van der Waals surface area (Å²) in [5, 5.41) is 2.68. The van der Waals surface area contributed by atoms with Gasteiger partial charge in [-0.05, 0) is 26.0 Å². The normalized spacial score (nSPS) is 10.5. The first kappa shape index (κ1) is 19.3. The van der Waals surface area contributed by atoms with Gasteiger partial charge in [0.15, 0.2) is 0 Å². The molecule has 0 radical (unpaired) electrons. The molecule has 0 spiro atoms. The number of amides is 1. The number of nitrogens with zero attached hydrogens (tertiary/aromatic N) is 2. The van der Waals surface area contributed by atoms with Crippen LogP contribution >= 0.6 is 0 Å². The third-order valence-electron chi connectivity index (χ3n) is 4.62. The zero-order valence-electron chi connectivity index (χ0n) is 16.8. The lowest BCUT2D eigenvalue weighted by Crippen LogP contribution is -2.17. The van der Waals surface area contributed by atoms with E-state index in [2.05, 4.69) is 15.3 Å². The van der Waals surface area contributed by atoms with Crippen molar-refractivity contribution in [1.29, 1.82) is 0 Å². The average Bonchev–Trinajstić information content (AvgIpc) is 2.76. The van der Waals surface area contributed by atoms with E-state index in [0.29, 0.717) is 11.4 Å². The molecule has 1 N–H and O–H groups in total. The molecule has 0 saturated heterocycles. The molecule has 1 aromatic heterocycles. The minimum absolute atomic E-state index is 0.134. The summed E-state index contributed by atoms with van der Waals surface area (Å²) >= 11 is 0. The summed E-state index contributed by atoms with van der Waals surface area (Å²) in [6.45, 7) is 4.07. The number of benzene rings is 3. The van der Waals surface area contributed by atoms with E-state index in [0.717, 1.165) is 22.4 Å². The lowest BCUT2D eigenvalue weighted by Gasteiger charge is -2.12. The Morgan fingerprint density at radius 3 is 1.93 bits per heavy atom. The number of hydrogen-bond donors (Lipinski definition) is 1. The summed E-state index contributed by atoms with van der Waals surface area (Å²) in [7, 11) is 0. The van der Waals surface area contributed by atoms with Crippen molar-refractivity contribution in [1.82, 2.24) is 9.97 Å². The van der Waals surface area contributed by atoms with Crippen LogP contribution in [0.1, 0.15) is 11.1 Å². The summed E-state index contributed by atoms with van der Waals surface area (Å²) in [5.41, 5.74) is 6.20. The standard InChI is InChI=1S/C25H21N3O2/c1-17-8-12-19(13-9-17)23-24(20-14-10-18(2)11-15-20)28-22(16-26-23)30-25(29)27-21-6-4-3-5-7-21/h3-16H,1-2H3,(H,27,29). The van der Waals surface area contributed by atoms with Gasteiger partial charge in [0.05, 0.1) is 11.9 Å². The Morgan fingerprint density at radius 1 is 0.767 bits per heavy atom. The van der Waals surface area contributed by atoms with Crippen LogP contribution in [0.5, 0.6) is 5.88 Å². The predicted molar refractivity (Wildman–Crippen MR) is 118 cm³/mol. The van der Waals surface area contributed by atoms with Crippen molar-refractivity contribution < 1.29 is 9.53 Å². The topological polar surface area (TPSA) is 64.1 Å². The van der Waals surface area contributed by atoms with Crippen molar-refractivity contribution in [3.05, 3.63) is 96.2 Å². The molecule has 4 rings (SSSR count). The SMILES string of the molecule is Cc1ccc(-c2ncc(OC(=O)Nc3ccccc3)nc2-c2ccc(C)cc2)cc1. The van der Waals surface area contributed by atoms with Gasteiger partial charge in [0.2, 0.25) is 5.88 Å². The highest BCUT2D eigenvalue weighted by Crippen LogP contribution is 2.30. The third kappa shape index (κ3) is 4.52. The van der Waals surface area contributed by atoms with Crippen LogP contribution in [0, 0.1) is 13.8 Å². The molecule has 0 aliphatic rings. The molecular weight excluding hydrogens is 374 g/mol. The minimum atomic E-state index is -0.617. The fourth-order valence-corrected chi connectivity index (χ4v) is 3.02. The van der Waals surface area contributed by atoms with Gasteiger partial charge in [-0.3, -0.25) is 5.32 Å². The Kier molecular flexibility index (Phi) is 5.52. The molecule has 5 heteroatoms. The molecule has 0 atom stereocenters. The van der Waals surface area contributed by atoms with E-state index in [9.17, 15) is 4.79 Å². The molecule has 0 aliphatic heterocycles. The Bertz CT molecular complexity index is 1160. The summed E-state index contributed by atoms with van der Waals surface area (Å²) in [6, 6.07) is 25.2. The van der Waals surface area contributed by atoms with Crippen LogP contribution in [0.25, 0.3) is 22.5 Å². The molecule has 0 unspecified atom stereocenters. The third-order valence-corrected chi connectivity index (χ3v) is 4.62. The maximum atomic E-state index is 12.3. The number of aryl methyl sites for hydroxylation is 2. The van der Waals surface area contributed by atoms with E-state index in [4.69, 9.17) is 4.74 Å². The second-order valence-electron chi connectivity index (χ2n) is 7.02. The number of anilines is 1. The Labute approximate surface area is 175 Å². The van der Waals surface area contributed by atoms with Gasteiger partial charge in [0, 0.05) is 16.8 Å². The summed E-state index contributed by atoms with van der Waals surface area (Å²) < 4.78 is 5.39. The lowest BCUT2D eigenvalue weighted by atomic mass is 10.0. The van der Waals surface area contributed by atoms with Crippen molar-refractivity contribution in [2.75, 3.05) is 5.32 Å². The van der Waals surface area contributed by atoms with Gasteiger partial charge in [-0.25, -0.2) is 14.8 Å². The quantitative estimate of drug-likeness (QED) is 0.458. The fraction of sp³-hybridized carbons (Fsp3) is 0.0800. The zero-order chi connectivity index (χ0) is 20.9. The molecule has 0 bridgehead atoms. The molecule has 3 aromatic carbocycles. The number of nitrogens with one attached hydrogen (secondary N) is 1. The van der Waals surface area contributed by atoms with E-state index in [1.54, 1.807) is 12.1 Å². The number of carbonyl (C=O) groups is 1. The molecule has 5 nitrogen and oxygen atoms in total.